The molecule has 0 saturated heterocycles. The zero-order valence-electron chi connectivity index (χ0n) is 26.8. The minimum absolute atomic E-state index is 0.797. The van der Waals surface area contributed by atoms with Crippen LogP contribution in [0, 0.1) is 0 Å². The van der Waals surface area contributed by atoms with Crippen molar-refractivity contribution < 1.29 is 9.47 Å². The summed E-state index contributed by atoms with van der Waals surface area (Å²) in [6, 6.07) is 31.6. The summed E-state index contributed by atoms with van der Waals surface area (Å²) in [6.45, 7) is 6.12. The van der Waals surface area contributed by atoms with Gasteiger partial charge in [-0.2, -0.15) is 0 Å². The lowest BCUT2D eigenvalue weighted by molar-refractivity contribution is 0.304. The van der Waals surface area contributed by atoms with Gasteiger partial charge in [0.2, 0.25) is 0 Å². The standard InChI is InChI=1S/C42H48O2/c1-3-5-7-9-11-13-23-43-37-19-15-31-29-41-33(25-35(31)27-37)17-21-40-39(41)22-18-34-26-36-28-38(20-16-32(36)30-42(34)40)44-24-14-12-10-8-6-4-2/h15-22,25-30H,3-14,23-24H2,1-2H3. The molecule has 0 N–H and O–H groups in total. The second kappa shape index (κ2) is 14.8. The van der Waals surface area contributed by atoms with Gasteiger partial charge in [-0.25, -0.2) is 0 Å². The van der Waals surface area contributed by atoms with Crippen LogP contribution in [-0.2, 0) is 0 Å². The zero-order chi connectivity index (χ0) is 30.1. The molecule has 44 heavy (non-hydrogen) atoms. The van der Waals surface area contributed by atoms with Crippen LogP contribution in [0.2, 0.25) is 0 Å². The van der Waals surface area contributed by atoms with Crippen LogP contribution >= 0.6 is 0 Å². The van der Waals surface area contributed by atoms with Crippen molar-refractivity contribution in [3.05, 3.63) is 84.9 Å². The van der Waals surface area contributed by atoms with Gasteiger partial charge in [0, 0.05) is 0 Å². The molecule has 0 heterocycles. The summed E-state index contributed by atoms with van der Waals surface area (Å²) in [5.41, 5.74) is 0. The maximum Gasteiger partial charge on any atom is 0.119 e. The van der Waals surface area contributed by atoms with Crippen LogP contribution in [0.15, 0.2) is 84.9 Å². The van der Waals surface area contributed by atoms with Crippen molar-refractivity contribution in [2.45, 2.75) is 90.9 Å². The van der Waals surface area contributed by atoms with E-state index in [0.29, 0.717) is 0 Å². The van der Waals surface area contributed by atoms with E-state index in [0.717, 1.165) is 37.6 Å². The molecule has 6 rings (SSSR count). The first kappa shape index (κ1) is 30.3. The zero-order valence-corrected chi connectivity index (χ0v) is 26.8. The molecule has 0 aromatic heterocycles. The lowest BCUT2D eigenvalue weighted by Gasteiger charge is -2.12. The summed E-state index contributed by atoms with van der Waals surface area (Å²) in [5.74, 6) is 1.94. The van der Waals surface area contributed by atoms with Crippen molar-refractivity contribution in [2.75, 3.05) is 13.2 Å². The molecule has 6 aromatic rings. The molecule has 0 aliphatic carbocycles. The van der Waals surface area contributed by atoms with Gasteiger partial charge in [0.25, 0.3) is 0 Å². The molecular formula is C42H48O2. The Bertz CT molecular complexity index is 1710. The molecule has 2 nitrogen and oxygen atoms in total. The maximum absolute atomic E-state index is 6.13. The molecule has 0 aliphatic rings. The minimum atomic E-state index is 0.797. The molecule has 0 spiro atoms. The molecule has 0 amide bonds. The van der Waals surface area contributed by atoms with Crippen molar-refractivity contribution in [1.82, 2.24) is 0 Å². The second-order valence-corrected chi connectivity index (χ2v) is 12.6. The fourth-order valence-electron chi connectivity index (χ4n) is 6.65. The Hall–Kier alpha value is -3.78. The van der Waals surface area contributed by atoms with Gasteiger partial charge < -0.3 is 9.47 Å². The Kier molecular flexibility index (Phi) is 10.2. The van der Waals surface area contributed by atoms with E-state index in [-0.39, 0.29) is 0 Å². The number of hydrogen-bond acceptors (Lipinski definition) is 2. The summed E-state index contributed by atoms with van der Waals surface area (Å²) < 4.78 is 12.3. The van der Waals surface area contributed by atoms with Gasteiger partial charge in [0.05, 0.1) is 13.2 Å². The minimum Gasteiger partial charge on any atom is -0.494 e. The fourth-order valence-corrected chi connectivity index (χ4v) is 6.65. The van der Waals surface area contributed by atoms with E-state index in [4.69, 9.17) is 9.47 Å². The molecule has 0 atom stereocenters. The first-order valence-corrected chi connectivity index (χ1v) is 17.3. The summed E-state index contributed by atoms with van der Waals surface area (Å²) in [4.78, 5) is 0. The highest BCUT2D eigenvalue weighted by molar-refractivity contribution is 6.20. The Balaban J connectivity index is 1.20. The van der Waals surface area contributed by atoms with Crippen molar-refractivity contribution in [1.29, 1.82) is 0 Å². The van der Waals surface area contributed by atoms with Gasteiger partial charge in [-0.15, -0.1) is 0 Å². The molecule has 0 unspecified atom stereocenters. The predicted octanol–water partition coefficient (Wildman–Crippen LogP) is 12.9. The van der Waals surface area contributed by atoms with E-state index in [1.54, 1.807) is 0 Å². The Morgan fingerprint density at radius 2 is 0.750 bits per heavy atom. The van der Waals surface area contributed by atoms with Gasteiger partial charge >= 0.3 is 0 Å². The molecule has 0 radical (unpaired) electrons. The Labute approximate surface area is 263 Å². The lowest BCUT2D eigenvalue weighted by atomic mass is 9.93. The summed E-state index contributed by atoms with van der Waals surface area (Å²) >= 11 is 0. The highest BCUT2D eigenvalue weighted by Crippen LogP contribution is 2.36. The molecule has 0 saturated carbocycles. The highest BCUT2D eigenvalue weighted by Gasteiger charge is 2.09. The van der Waals surface area contributed by atoms with Crippen LogP contribution in [0.5, 0.6) is 11.5 Å². The largest absolute Gasteiger partial charge is 0.494 e. The van der Waals surface area contributed by atoms with E-state index in [2.05, 4.69) is 98.8 Å². The third kappa shape index (κ3) is 7.12. The lowest BCUT2D eigenvalue weighted by Crippen LogP contribution is -1.97. The van der Waals surface area contributed by atoms with Gasteiger partial charge in [-0.1, -0.05) is 114 Å². The molecule has 2 heteroatoms. The number of benzene rings is 6. The van der Waals surface area contributed by atoms with E-state index in [1.807, 2.05) is 0 Å². The highest BCUT2D eigenvalue weighted by atomic mass is 16.5. The number of fused-ring (bicyclic) bond motifs is 7. The number of unbranched alkanes of at least 4 members (excludes halogenated alkanes) is 10. The first-order valence-electron chi connectivity index (χ1n) is 17.3. The molecular weight excluding hydrogens is 536 g/mol. The normalized spacial score (nSPS) is 11.8. The monoisotopic (exact) mass is 584 g/mol. The smallest absolute Gasteiger partial charge is 0.119 e. The summed E-state index contributed by atoms with van der Waals surface area (Å²) in [5, 5.41) is 12.7. The van der Waals surface area contributed by atoms with Crippen molar-refractivity contribution in [3.63, 3.8) is 0 Å². The molecule has 228 valence electrons. The van der Waals surface area contributed by atoms with E-state index in [9.17, 15) is 0 Å². The van der Waals surface area contributed by atoms with Crippen LogP contribution in [0.4, 0.5) is 0 Å². The van der Waals surface area contributed by atoms with Crippen LogP contribution in [0.3, 0.4) is 0 Å². The van der Waals surface area contributed by atoms with Gasteiger partial charge in [0.1, 0.15) is 11.5 Å². The average Bonchev–Trinajstić information content (AvgIpc) is 3.05. The maximum atomic E-state index is 6.13. The predicted molar refractivity (Wildman–Crippen MR) is 192 cm³/mol. The van der Waals surface area contributed by atoms with Gasteiger partial charge in [0.15, 0.2) is 0 Å². The summed E-state index contributed by atoms with van der Waals surface area (Å²) in [6.07, 6.45) is 15.4. The van der Waals surface area contributed by atoms with E-state index in [1.165, 1.54) is 118 Å². The van der Waals surface area contributed by atoms with Crippen molar-refractivity contribution in [2.24, 2.45) is 0 Å². The first-order chi connectivity index (χ1) is 21.7. The number of hydrogen-bond donors (Lipinski definition) is 0. The Morgan fingerprint density at radius 1 is 0.341 bits per heavy atom. The molecule has 0 fully saturated rings. The number of rotatable bonds is 16. The van der Waals surface area contributed by atoms with Crippen LogP contribution in [0.25, 0.3) is 53.9 Å². The summed E-state index contributed by atoms with van der Waals surface area (Å²) in [7, 11) is 0. The van der Waals surface area contributed by atoms with Crippen molar-refractivity contribution in [3.8, 4) is 11.5 Å². The quantitative estimate of drug-likeness (QED) is 0.0640. The third-order valence-electron chi connectivity index (χ3n) is 9.22. The van der Waals surface area contributed by atoms with Crippen LogP contribution in [-0.4, -0.2) is 13.2 Å². The van der Waals surface area contributed by atoms with E-state index < -0.39 is 0 Å². The average molecular weight is 585 g/mol. The Morgan fingerprint density at radius 3 is 1.20 bits per heavy atom. The topological polar surface area (TPSA) is 18.5 Å². The second-order valence-electron chi connectivity index (χ2n) is 12.6. The molecule has 0 bridgehead atoms. The molecule has 0 aliphatic heterocycles. The molecule has 6 aromatic carbocycles. The fraction of sp³-hybridized carbons (Fsp3) is 0.381. The SMILES string of the molecule is CCCCCCCCOc1ccc2cc3c(ccc4c5cc6ccc(OCCCCCCCC)cc6cc5ccc34)cc2c1. The number of ether oxygens (including phenoxy) is 2. The third-order valence-corrected chi connectivity index (χ3v) is 9.22. The van der Waals surface area contributed by atoms with Crippen molar-refractivity contribution >= 4 is 53.9 Å². The van der Waals surface area contributed by atoms with Crippen LogP contribution < -0.4 is 9.47 Å². The van der Waals surface area contributed by atoms with Crippen LogP contribution in [0.1, 0.15) is 90.9 Å². The van der Waals surface area contributed by atoms with Gasteiger partial charge in [-0.05, 0) is 115 Å². The van der Waals surface area contributed by atoms with E-state index >= 15 is 0 Å². The van der Waals surface area contributed by atoms with Gasteiger partial charge in [-0.3, -0.25) is 0 Å².